The van der Waals surface area contributed by atoms with Crippen LogP contribution in [0.5, 0.6) is 0 Å². The summed E-state index contributed by atoms with van der Waals surface area (Å²) in [6.45, 7) is 0.703. The zero-order valence-corrected chi connectivity index (χ0v) is 13.0. The number of aromatic nitrogens is 2. The highest BCUT2D eigenvalue weighted by Gasteiger charge is 2.44. The third-order valence-electron chi connectivity index (χ3n) is 3.61. The van der Waals surface area contributed by atoms with Crippen molar-refractivity contribution < 1.29 is 4.79 Å². The number of hydrogen-bond acceptors (Lipinski definition) is 6. The molecule has 110 valence electrons. The van der Waals surface area contributed by atoms with Gasteiger partial charge in [0, 0.05) is 12.0 Å². The average molecular weight is 320 g/mol. The van der Waals surface area contributed by atoms with Crippen molar-refractivity contribution in [2.45, 2.75) is 22.6 Å². The Balaban J connectivity index is 1.48. The molecule has 0 spiro atoms. The standard InChI is InChI=1S/C14H16N4OS2/c15-12-17-18-13(21-12)20-8-11(19)16-9-14(6-7-14)10-4-2-1-3-5-10/h1-5H,6-9H2,(H2,15,17)(H,16,19). The first-order chi connectivity index (χ1) is 10.2. The van der Waals surface area contributed by atoms with Crippen LogP contribution in [0.2, 0.25) is 0 Å². The van der Waals surface area contributed by atoms with Crippen molar-refractivity contribution in [3.05, 3.63) is 35.9 Å². The average Bonchev–Trinajstić information content (AvgIpc) is 3.20. The Kier molecular flexibility index (Phi) is 4.12. The van der Waals surface area contributed by atoms with Gasteiger partial charge in [-0.15, -0.1) is 10.2 Å². The fourth-order valence-corrected chi connectivity index (χ4v) is 3.70. The zero-order chi connectivity index (χ0) is 14.7. The summed E-state index contributed by atoms with van der Waals surface area (Å²) in [5.74, 6) is 0.371. The monoisotopic (exact) mass is 320 g/mol. The summed E-state index contributed by atoms with van der Waals surface area (Å²) in [4.78, 5) is 11.9. The quantitative estimate of drug-likeness (QED) is 0.796. The van der Waals surface area contributed by atoms with Crippen LogP contribution >= 0.6 is 23.1 Å². The first-order valence-electron chi connectivity index (χ1n) is 6.72. The minimum absolute atomic E-state index is 0.0241. The second-order valence-electron chi connectivity index (χ2n) is 5.12. The van der Waals surface area contributed by atoms with Crippen LogP contribution in [0.1, 0.15) is 18.4 Å². The third kappa shape index (κ3) is 3.54. The Morgan fingerprint density at radius 1 is 1.33 bits per heavy atom. The second kappa shape index (κ2) is 6.03. The number of benzene rings is 1. The van der Waals surface area contributed by atoms with Crippen molar-refractivity contribution in [2.24, 2.45) is 0 Å². The predicted octanol–water partition coefficient (Wildman–Crippen LogP) is 2.06. The van der Waals surface area contributed by atoms with Crippen LogP contribution in [0.15, 0.2) is 34.7 Å². The number of anilines is 1. The summed E-state index contributed by atoms with van der Waals surface area (Å²) in [5, 5.41) is 11.1. The van der Waals surface area contributed by atoms with E-state index in [0.717, 1.165) is 17.2 Å². The van der Waals surface area contributed by atoms with Crippen molar-refractivity contribution in [1.82, 2.24) is 15.5 Å². The molecule has 1 heterocycles. The number of amides is 1. The highest BCUT2D eigenvalue weighted by Crippen LogP contribution is 2.47. The van der Waals surface area contributed by atoms with E-state index in [1.54, 1.807) is 0 Å². The lowest BCUT2D eigenvalue weighted by molar-refractivity contribution is -0.118. The molecule has 3 N–H and O–H groups in total. The summed E-state index contributed by atoms with van der Waals surface area (Å²) in [5.41, 5.74) is 6.97. The van der Waals surface area contributed by atoms with Crippen molar-refractivity contribution in [2.75, 3.05) is 18.0 Å². The smallest absolute Gasteiger partial charge is 0.230 e. The van der Waals surface area contributed by atoms with Gasteiger partial charge < -0.3 is 11.1 Å². The first kappa shape index (κ1) is 14.3. The zero-order valence-electron chi connectivity index (χ0n) is 11.4. The minimum atomic E-state index is 0.0241. The van der Waals surface area contributed by atoms with E-state index >= 15 is 0 Å². The summed E-state index contributed by atoms with van der Waals surface area (Å²) in [6, 6.07) is 10.4. The molecule has 7 heteroatoms. The highest BCUT2D eigenvalue weighted by molar-refractivity contribution is 8.01. The van der Waals surface area contributed by atoms with E-state index < -0.39 is 0 Å². The molecule has 0 saturated heterocycles. The SMILES string of the molecule is Nc1nnc(SCC(=O)NCC2(c3ccccc3)CC2)s1. The highest BCUT2D eigenvalue weighted by atomic mass is 32.2. The maximum atomic E-state index is 11.9. The van der Waals surface area contributed by atoms with Gasteiger partial charge in [0.15, 0.2) is 4.34 Å². The molecule has 21 heavy (non-hydrogen) atoms. The van der Waals surface area contributed by atoms with E-state index in [9.17, 15) is 4.79 Å². The van der Waals surface area contributed by atoms with Crippen LogP contribution in [0.4, 0.5) is 5.13 Å². The van der Waals surface area contributed by atoms with Gasteiger partial charge in [0.05, 0.1) is 5.75 Å². The molecule has 0 atom stereocenters. The number of thioether (sulfide) groups is 1. The van der Waals surface area contributed by atoms with Gasteiger partial charge in [-0.25, -0.2) is 0 Å². The summed E-state index contributed by atoms with van der Waals surface area (Å²) in [7, 11) is 0. The summed E-state index contributed by atoms with van der Waals surface area (Å²) in [6.07, 6.45) is 2.27. The van der Waals surface area contributed by atoms with Gasteiger partial charge in [-0.1, -0.05) is 53.4 Å². The Morgan fingerprint density at radius 2 is 2.10 bits per heavy atom. The fraction of sp³-hybridized carbons (Fsp3) is 0.357. The Hall–Kier alpha value is -1.60. The molecular weight excluding hydrogens is 304 g/mol. The Bertz CT molecular complexity index is 625. The van der Waals surface area contributed by atoms with Crippen molar-refractivity contribution >= 4 is 34.1 Å². The number of hydrogen-bond donors (Lipinski definition) is 2. The second-order valence-corrected chi connectivity index (χ2v) is 7.35. The number of nitrogens with zero attached hydrogens (tertiary/aromatic N) is 2. The van der Waals surface area contributed by atoms with Gasteiger partial charge >= 0.3 is 0 Å². The molecule has 3 rings (SSSR count). The van der Waals surface area contributed by atoms with Gasteiger partial charge in [0.2, 0.25) is 11.0 Å². The van der Waals surface area contributed by atoms with Crippen molar-refractivity contribution in [1.29, 1.82) is 0 Å². The van der Waals surface area contributed by atoms with E-state index in [-0.39, 0.29) is 11.3 Å². The lowest BCUT2D eigenvalue weighted by Crippen LogP contribution is -2.33. The molecule has 1 aliphatic rings. The van der Waals surface area contributed by atoms with Gasteiger partial charge in [-0.3, -0.25) is 4.79 Å². The molecule has 0 unspecified atom stereocenters. The Labute approximate surface area is 131 Å². The summed E-state index contributed by atoms with van der Waals surface area (Å²) >= 11 is 2.67. The van der Waals surface area contributed by atoms with E-state index in [1.807, 2.05) is 18.2 Å². The van der Waals surface area contributed by atoms with Crippen molar-refractivity contribution in [3.63, 3.8) is 0 Å². The van der Waals surface area contributed by atoms with E-state index in [2.05, 4.69) is 27.6 Å². The number of carbonyl (C=O) groups is 1. The van der Waals surface area contributed by atoms with Crippen LogP contribution in [0.25, 0.3) is 0 Å². The van der Waals surface area contributed by atoms with Gasteiger partial charge in [-0.05, 0) is 18.4 Å². The lowest BCUT2D eigenvalue weighted by Gasteiger charge is -2.16. The van der Waals surface area contributed by atoms with Crippen molar-refractivity contribution in [3.8, 4) is 0 Å². The molecule has 0 radical (unpaired) electrons. The molecule has 0 bridgehead atoms. The number of nitrogen functional groups attached to an aromatic ring is 1. The van der Waals surface area contributed by atoms with Gasteiger partial charge in [0.1, 0.15) is 0 Å². The molecule has 1 aromatic carbocycles. The molecular formula is C14H16N4OS2. The number of rotatable bonds is 6. The number of nitrogens with two attached hydrogens (primary N) is 1. The molecule has 1 aliphatic carbocycles. The minimum Gasteiger partial charge on any atom is -0.374 e. The van der Waals surface area contributed by atoms with Gasteiger partial charge in [0.25, 0.3) is 0 Å². The molecule has 2 aromatic rings. The Morgan fingerprint density at radius 3 is 2.71 bits per heavy atom. The molecule has 1 fully saturated rings. The third-order valence-corrected chi connectivity index (χ3v) is 5.50. The molecule has 0 aliphatic heterocycles. The molecule has 1 amide bonds. The number of carbonyl (C=O) groups excluding carboxylic acids is 1. The molecule has 5 nitrogen and oxygen atoms in total. The first-order valence-corrected chi connectivity index (χ1v) is 8.52. The normalized spacial score (nSPS) is 15.6. The largest absolute Gasteiger partial charge is 0.374 e. The van der Waals surface area contributed by atoms with Crippen LogP contribution in [-0.4, -0.2) is 28.4 Å². The summed E-state index contributed by atoms with van der Waals surface area (Å²) < 4.78 is 0.729. The van der Waals surface area contributed by atoms with E-state index in [0.29, 0.717) is 17.4 Å². The van der Waals surface area contributed by atoms with Crippen LogP contribution < -0.4 is 11.1 Å². The van der Waals surface area contributed by atoms with E-state index in [1.165, 1.54) is 28.7 Å². The van der Waals surface area contributed by atoms with Crippen LogP contribution in [-0.2, 0) is 10.2 Å². The molecule has 1 aromatic heterocycles. The topological polar surface area (TPSA) is 80.9 Å². The van der Waals surface area contributed by atoms with Crippen LogP contribution in [0, 0.1) is 0 Å². The maximum Gasteiger partial charge on any atom is 0.230 e. The van der Waals surface area contributed by atoms with Crippen LogP contribution in [0.3, 0.4) is 0 Å². The maximum absolute atomic E-state index is 11.9. The number of nitrogens with one attached hydrogen (secondary N) is 1. The lowest BCUT2D eigenvalue weighted by atomic mass is 9.96. The fourth-order valence-electron chi connectivity index (χ4n) is 2.23. The molecule has 1 saturated carbocycles. The van der Waals surface area contributed by atoms with E-state index in [4.69, 9.17) is 5.73 Å². The van der Waals surface area contributed by atoms with Gasteiger partial charge in [-0.2, -0.15) is 0 Å². The predicted molar refractivity (Wildman–Crippen MR) is 85.4 cm³/mol.